The van der Waals surface area contributed by atoms with Crippen molar-refractivity contribution in [2.24, 2.45) is 5.92 Å². The van der Waals surface area contributed by atoms with Crippen LogP contribution in [0.4, 0.5) is 10.5 Å². The van der Waals surface area contributed by atoms with Crippen LogP contribution in [0.1, 0.15) is 45.4 Å². The third kappa shape index (κ3) is 3.83. The number of imide groups is 1. The van der Waals surface area contributed by atoms with Gasteiger partial charge < -0.3 is 15.0 Å². The van der Waals surface area contributed by atoms with Crippen LogP contribution in [0.25, 0.3) is 0 Å². The molecule has 0 aromatic heterocycles. The highest BCUT2D eigenvalue weighted by Crippen LogP contribution is 2.35. The summed E-state index contributed by atoms with van der Waals surface area (Å²) in [6.07, 6.45) is 4.20. The lowest BCUT2D eigenvalue weighted by Gasteiger charge is -2.33. The summed E-state index contributed by atoms with van der Waals surface area (Å²) in [7, 11) is 0. The smallest absolute Gasteiger partial charge is 0.344 e. The first-order valence-electron chi connectivity index (χ1n) is 10.4. The van der Waals surface area contributed by atoms with Crippen molar-refractivity contribution in [2.45, 2.75) is 51.0 Å². The average molecular weight is 414 g/mol. The lowest BCUT2D eigenvalue weighted by atomic mass is 9.77. The second-order valence-corrected chi connectivity index (χ2v) is 8.31. The van der Waals surface area contributed by atoms with Crippen LogP contribution in [0, 0.1) is 5.92 Å². The first kappa shape index (κ1) is 20.2. The number of amides is 5. The number of nitrogens with one attached hydrogen (secondary N) is 2. The van der Waals surface area contributed by atoms with Gasteiger partial charge in [0.2, 0.25) is 5.91 Å². The van der Waals surface area contributed by atoms with E-state index < -0.39 is 23.4 Å². The molecule has 1 saturated carbocycles. The molecule has 2 heterocycles. The minimum Gasteiger partial charge on any atom is -0.484 e. The van der Waals surface area contributed by atoms with E-state index >= 15 is 0 Å². The molecule has 2 aliphatic heterocycles. The van der Waals surface area contributed by atoms with Crippen LogP contribution in [0.5, 0.6) is 5.75 Å². The van der Waals surface area contributed by atoms with Gasteiger partial charge in [0.1, 0.15) is 11.3 Å². The van der Waals surface area contributed by atoms with Crippen LogP contribution in [-0.2, 0) is 14.4 Å². The van der Waals surface area contributed by atoms with Crippen molar-refractivity contribution in [2.75, 3.05) is 18.1 Å². The van der Waals surface area contributed by atoms with E-state index in [2.05, 4.69) is 17.7 Å². The molecular weight excluding hydrogens is 388 g/mol. The summed E-state index contributed by atoms with van der Waals surface area (Å²) in [5, 5.41) is 3.52. The summed E-state index contributed by atoms with van der Waals surface area (Å²) < 4.78 is 5.52. The van der Waals surface area contributed by atoms with E-state index in [1.807, 2.05) is 6.07 Å². The fourth-order valence-corrected chi connectivity index (χ4v) is 4.28. The summed E-state index contributed by atoms with van der Waals surface area (Å²) in [6, 6.07) is 6.33. The number of benzene rings is 1. The number of urea groups is 1. The first-order valence-corrected chi connectivity index (χ1v) is 10.4. The van der Waals surface area contributed by atoms with Crippen molar-refractivity contribution in [3.63, 3.8) is 0 Å². The van der Waals surface area contributed by atoms with Gasteiger partial charge >= 0.3 is 6.03 Å². The Morgan fingerprint density at radius 2 is 2.03 bits per heavy atom. The molecule has 9 heteroatoms. The van der Waals surface area contributed by atoms with Gasteiger partial charge in [-0.15, -0.1) is 0 Å². The number of nitrogens with zero attached hydrogens (tertiary/aromatic N) is 2. The number of carbonyl (C=O) groups excluding carboxylic acids is 4. The Kier molecular flexibility index (Phi) is 5.36. The third-order valence-electron chi connectivity index (χ3n) is 6.10. The van der Waals surface area contributed by atoms with Gasteiger partial charge in [0, 0.05) is 24.7 Å². The van der Waals surface area contributed by atoms with Gasteiger partial charge in [-0.3, -0.25) is 19.8 Å². The molecule has 0 radical (unpaired) electrons. The van der Waals surface area contributed by atoms with E-state index in [9.17, 15) is 19.2 Å². The molecule has 2 saturated heterocycles. The van der Waals surface area contributed by atoms with Crippen molar-refractivity contribution in [3.8, 4) is 5.75 Å². The standard InChI is InChI=1S/C21H26N4O5/c1-14-7-9-21(10-8-14)19(28)25(20(29)22-21)23-17(26)13-30-16-5-2-4-15(12-16)24-11-3-6-18(24)27/h2,4-5,12,14H,3,6-11,13H2,1H3,(H,22,29)(H,23,26). The van der Waals surface area contributed by atoms with Crippen LogP contribution in [0.15, 0.2) is 24.3 Å². The molecule has 1 aromatic carbocycles. The highest BCUT2D eigenvalue weighted by atomic mass is 16.5. The molecule has 160 valence electrons. The Hall–Kier alpha value is -3.10. The summed E-state index contributed by atoms with van der Waals surface area (Å²) in [5.74, 6) is -0.0135. The zero-order chi connectivity index (χ0) is 21.3. The molecule has 0 bridgehead atoms. The van der Waals surface area contributed by atoms with Crippen LogP contribution < -0.4 is 20.4 Å². The predicted octanol–water partition coefficient (Wildman–Crippen LogP) is 1.72. The second-order valence-electron chi connectivity index (χ2n) is 8.31. The van der Waals surface area contributed by atoms with Crippen LogP contribution in [0.3, 0.4) is 0 Å². The maximum atomic E-state index is 12.8. The molecule has 3 fully saturated rings. The summed E-state index contributed by atoms with van der Waals surface area (Å²) in [6.45, 7) is 2.42. The van der Waals surface area contributed by atoms with E-state index in [1.165, 1.54) is 0 Å². The Balaban J connectivity index is 1.34. The molecule has 1 spiro atoms. The highest BCUT2D eigenvalue weighted by molar-refractivity contribution is 6.08. The van der Waals surface area contributed by atoms with Crippen molar-refractivity contribution in [1.82, 2.24) is 15.8 Å². The molecule has 0 atom stereocenters. The first-order chi connectivity index (χ1) is 14.4. The molecule has 4 rings (SSSR count). The number of rotatable bonds is 5. The fourth-order valence-electron chi connectivity index (χ4n) is 4.28. The maximum Gasteiger partial charge on any atom is 0.344 e. The predicted molar refractivity (Wildman–Crippen MR) is 107 cm³/mol. The fraction of sp³-hybridized carbons (Fsp3) is 0.524. The number of hydrogen-bond acceptors (Lipinski definition) is 5. The third-order valence-corrected chi connectivity index (χ3v) is 6.10. The van der Waals surface area contributed by atoms with Crippen molar-refractivity contribution >= 4 is 29.4 Å². The SMILES string of the molecule is CC1CCC2(CC1)NC(=O)N(NC(=O)COc1cccc(N3CCCC3=O)c1)C2=O. The Bertz CT molecular complexity index is 878. The van der Waals surface area contributed by atoms with E-state index in [0.29, 0.717) is 37.5 Å². The molecule has 0 unspecified atom stereocenters. The number of anilines is 1. The maximum absolute atomic E-state index is 12.8. The van der Waals surface area contributed by atoms with E-state index in [4.69, 9.17) is 4.74 Å². The number of hydrogen-bond donors (Lipinski definition) is 2. The van der Waals surface area contributed by atoms with E-state index in [1.54, 1.807) is 23.1 Å². The monoisotopic (exact) mass is 414 g/mol. The molecule has 9 nitrogen and oxygen atoms in total. The summed E-state index contributed by atoms with van der Waals surface area (Å²) in [5.41, 5.74) is 2.16. The van der Waals surface area contributed by atoms with Gasteiger partial charge in [0.15, 0.2) is 6.61 Å². The summed E-state index contributed by atoms with van der Waals surface area (Å²) >= 11 is 0. The zero-order valence-corrected chi connectivity index (χ0v) is 17.0. The quantitative estimate of drug-likeness (QED) is 0.714. The Morgan fingerprint density at radius 3 is 2.73 bits per heavy atom. The van der Waals surface area contributed by atoms with Crippen LogP contribution in [0.2, 0.25) is 0 Å². The van der Waals surface area contributed by atoms with Gasteiger partial charge in [0.25, 0.3) is 11.8 Å². The van der Waals surface area contributed by atoms with Crippen LogP contribution >= 0.6 is 0 Å². The molecular formula is C21H26N4O5. The van der Waals surface area contributed by atoms with Gasteiger partial charge in [-0.1, -0.05) is 13.0 Å². The van der Waals surface area contributed by atoms with Crippen molar-refractivity contribution < 1.29 is 23.9 Å². The lowest BCUT2D eigenvalue weighted by Crippen LogP contribution is -2.52. The Labute approximate surface area is 174 Å². The topological polar surface area (TPSA) is 108 Å². The minimum atomic E-state index is -0.908. The molecule has 1 aliphatic carbocycles. The summed E-state index contributed by atoms with van der Waals surface area (Å²) in [4.78, 5) is 50.9. The second kappa shape index (κ2) is 7.97. The number of hydrazine groups is 1. The van der Waals surface area contributed by atoms with E-state index in [0.717, 1.165) is 30.0 Å². The molecule has 5 amide bonds. The molecule has 1 aromatic rings. The van der Waals surface area contributed by atoms with Gasteiger partial charge in [0.05, 0.1) is 0 Å². The normalized spacial score (nSPS) is 26.3. The largest absolute Gasteiger partial charge is 0.484 e. The van der Waals surface area contributed by atoms with Crippen LogP contribution in [-0.4, -0.2) is 47.5 Å². The van der Waals surface area contributed by atoms with Crippen molar-refractivity contribution in [1.29, 1.82) is 0 Å². The minimum absolute atomic E-state index is 0.0643. The van der Waals surface area contributed by atoms with Crippen molar-refractivity contribution in [3.05, 3.63) is 24.3 Å². The Morgan fingerprint density at radius 1 is 1.27 bits per heavy atom. The van der Waals surface area contributed by atoms with E-state index in [-0.39, 0.29) is 12.5 Å². The zero-order valence-electron chi connectivity index (χ0n) is 17.0. The van der Waals surface area contributed by atoms with Gasteiger partial charge in [-0.05, 0) is 50.2 Å². The number of ether oxygens (including phenoxy) is 1. The van der Waals surface area contributed by atoms with Gasteiger partial charge in [-0.2, -0.15) is 5.01 Å². The average Bonchev–Trinajstić information content (AvgIpc) is 3.26. The highest BCUT2D eigenvalue weighted by Gasteiger charge is 2.52. The molecule has 2 N–H and O–H groups in total. The van der Waals surface area contributed by atoms with Gasteiger partial charge in [-0.25, -0.2) is 4.79 Å². The number of carbonyl (C=O) groups is 4. The molecule has 30 heavy (non-hydrogen) atoms. The molecule has 3 aliphatic rings. The lowest BCUT2D eigenvalue weighted by molar-refractivity contribution is -0.140.